The van der Waals surface area contributed by atoms with E-state index in [4.69, 9.17) is 9.47 Å². The van der Waals surface area contributed by atoms with E-state index < -0.39 is 0 Å². The molecule has 0 aliphatic carbocycles. The molecule has 2 rings (SSSR count). The Labute approximate surface area is 118 Å². The van der Waals surface area contributed by atoms with Crippen LogP contribution in [0.1, 0.15) is 24.0 Å². The normalized spacial score (nSPS) is 18.6. The molecule has 1 heterocycles. The summed E-state index contributed by atoms with van der Waals surface area (Å²) in [5.74, 6) is 0.977. The molecule has 0 unspecified atom stereocenters. The molecule has 1 aromatic rings. The molecule has 18 heavy (non-hydrogen) atoms. The lowest BCUT2D eigenvalue weighted by Crippen LogP contribution is -2.36. The average Bonchev–Trinajstić information content (AvgIpc) is 2.41. The fourth-order valence-electron chi connectivity index (χ4n) is 2.16. The lowest BCUT2D eigenvalue weighted by Gasteiger charge is -2.35. The highest BCUT2D eigenvalue weighted by atomic mass is 79.9. The lowest BCUT2D eigenvalue weighted by molar-refractivity contribution is 0.00353. The predicted octanol–water partition coefficient (Wildman–Crippen LogP) is 3.87. The zero-order valence-electron chi connectivity index (χ0n) is 11.2. The van der Waals surface area contributed by atoms with Crippen molar-refractivity contribution in [1.82, 2.24) is 0 Å². The smallest absolute Gasteiger partial charge is 0.119 e. The predicted molar refractivity (Wildman–Crippen MR) is 77.7 cm³/mol. The van der Waals surface area contributed by atoms with E-state index in [0.29, 0.717) is 0 Å². The van der Waals surface area contributed by atoms with Crippen LogP contribution in [0.25, 0.3) is 0 Å². The molecule has 0 spiro atoms. The molecule has 3 heteroatoms. The van der Waals surface area contributed by atoms with E-state index in [1.807, 2.05) is 0 Å². The molecule has 100 valence electrons. The summed E-state index contributed by atoms with van der Waals surface area (Å²) in [4.78, 5) is 0. The maximum absolute atomic E-state index is 5.99. The molecule has 0 saturated carbocycles. The van der Waals surface area contributed by atoms with Gasteiger partial charge in [0.15, 0.2) is 0 Å². The standard InChI is InChI=1S/C15H21BrO2/c1-12-3-4-14(9-13(12)2)18-11-15(10-16)5-7-17-8-6-15/h3-4,9H,5-8,10-11H2,1-2H3. The van der Waals surface area contributed by atoms with Gasteiger partial charge >= 0.3 is 0 Å². The van der Waals surface area contributed by atoms with Crippen molar-refractivity contribution in [2.45, 2.75) is 26.7 Å². The van der Waals surface area contributed by atoms with Gasteiger partial charge in [-0.15, -0.1) is 0 Å². The maximum atomic E-state index is 5.99. The zero-order valence-corrected chi connectivity index (χ0v) is 12.8. The van der Waals surface area contributed by atoms with Crippen molar-refractivity contribution in [2.24, 2.45) is 5.41 Å². The summed E-state index contributed by atoms with van der Waals surface area (Å²) in [5.41, 5.74) is 2.83. The summed E-state index contributed by atoms with van der Waals surface area (Å²) in [6.45, 7) is 6.71. The van der Waals surface area contributed by atoms with Crippen molar-refractivity contribution < 1.29 is 9.47 Å². The number of ether oxygens (including phenoxy) is 2. The van der Waals surface area contributed by atoms with Gasteiger partial charge in [-0.2, -0.15) is 0 Å². The maximum Gasteiger partial charge on any atom is 0.119 e. The quantitative estimate of drug-likeness (QED) is 0.786. The Morgan fingerprint density at radius 2 is 1.94 bits per heavy atom. The van der Waals surface area contributed by atoms with E-state index in [9.17, 15) is 0 Å². The van der Waals surface area contributed by atoms with Crippen LogP contribution in [0.5, 0.6) is 5.75 Å². The Balaban J connectivity index is 1.98. The third-order valence-corrected chi connectivity index (χ3v) is 5.05. The Morgan fingerprint density at radius 1 is 1.22 bits per heavy atom. The van der Waals surface area contributed by atoms with E-state index in [1.165, 1.54) is 11.1 Å². The van der Waals surface area contributed by atoms with Gasteiger partial charge in [-0.25, -0.2) is 0 Å². The number of hydrogen-bond donors (Lipinski definition) is 0. The molecule has 1 saturated heterocycles. The highest BCUT2D eigenvalue weighted by Gasteiger charge is 2.32. The van der Waals surface area contributed by atoms with Crippen molar-refractivity contribution in [3.8, 4) is 5.75 Å². The van der Waals surface area contributed by atoms with Crippen molar-refractivity contribution in [3.05, 3.63) is 29.3 Å². The Hall–Kier alpha value is -0.540. The number of benzene rings is 1. The fraction of sp³-hybridized carbons (Fsp3) is 0.600. The van der Waals surface area contributed by atoms with Crippen LogP contribution < -0.4 is 4.74 Å². The van der Waals surface area contributed by atoms with E-state index >= 15 is 0 Å². The van der Waals surface area contributed by atoms with E-state index in [0.717, 1.165) is 43.7 Å². The molecule has 0 aromatic heterocycles. The second-order valence-electron chi connectivity index (χ2n) is 5.28. The molecule has 1 aromatic carbocycles. The van der Waals surface area contributed by atoms with Gasteiger partial charge in [-0.3, -0.25) is 0 Å². The van der Waals surface area contributed by atoms with Gasteiger partial charge in [-0.1, -0.05) is 22.0 Å². The third-order valence-electron chi connectivity index (χ3n) is 3.86. The van der Waals surface area contributed by atoms with Crippen LogP contribution in [0.15, 0.2) is 18.2 Å². The largest absolute Gasteiger partial charge is 0.493 e. The van der Waals surface area contributed by atoms with Crippen LogP contribution in [0.4, 0.5) is 0 Å². The van der Waals surface area contributed by atoms with E-state index in [-0.39, 0.29) is 5.41 Å². The first-order chi connectivity index (χ1) is 8.65. The van der Waals surface area contributed by atoms with Crippen LogP contribution in [0.2, 0.25) is 0 Å². The Morgan fingerprint density at radius 3 is 2.56 bits per heavy atom. The van der Waals surface area contributed by atoms with Gasteiger partial charge in [0.05, 0.1) is 6.61 Å². The summed E-state index contributed by atoms with van der Waals surface area (Å²) in [7, 11) is 0. The molecule has 1 fully saturated rings. The molecule has 1 aliphatic heterocycles. The van der Waals surface area contributed by atoms with Crippen LogP contribution in [0.3, 0.4) is 0 Å². The Kier molecular flexibility index (Phi) is 4.68. The average molecular weight is 313 g/mol. The molecular weight excluding hydrogens is 292 g/mol. The van der Waals surface area contributed by atoms with Crippen LogP contribution in [-0.4, -0.2) is 25.2 Å². The first kappa shape index (κ1) is 13.9. The second-order valence-corrected chi connectivity index (χ2v) is 5.84. The molecule has 2 nitrogen and oxygen atoms in total. The Bertz CT molecular complexity index is 397. The number of aryl methyl sites for hydroxylation is 2. The molecule has 0 radical (unpaired) electrons. The second kappa shape index (κ2) is 6.07. The van der Waals surface area contributed by atoms with Crippen molar-refractivity contribution in [2.75, 3.05) is 25.2 Å². The first-order valence-electron chi connectivity index (χ1n) is 6.49. The lowest BCUT2D eigenvalue weighted by atomic mass is 9.83. The number of alkyl halides is 1. The van der Waals surface area contributed by atoms with Gasteiger partial charge in [0, 0.05) is 24.0 Å². The first-order valence-corrected chi connectivity index (χ1v) is 7.61. The van der Waals surface area contributed by atoms with Gasteiger partial charge in [0.25, 0.3) is 0 Å². The summed E-state index contributed by atoms with van der Waals surface area (Å²) < 4.78 is 11.4. The van der Waals surface area contributed by atoms with Gasteiger partial charge in [0.1, 0.15) is 5.75 Å². The highest BCUT2D eigenvalue weighted by Crippen LogP contribution is 2.33. The summed E-state index contributed by atoms with van der Waals surface area (Å²) >= 11 is 3.63. The van der Waals surface area contributed by atoms with E-state index in [1.54, 1.807) is 0 Å². The summed E-state index contributed by atoms with van der Waals surface area (Å²) in [6, 6.07) is 6.30. The van der Waals surface area contributed by atoms with Crippen molar-refractivity contribution >= 4 is 15.9 Å². The molecular formula is C15H21BrO2. The number of halogens is 1. The van der Waals surface area contributed by atoms with Crippen LogP contribution >= 0.6 is 15.9 Å². The summed E-state index contributed by atoms with van der Waals surface area (Å²) in [5, 5.41) is 0.980. The number of rotatable bonds is 4. The monoisotopic (exact) mass is 312 g/mol. The number of hydrogen-bond acceptors (Lipinski definition) is 2. The topological polar surface area (TPSA) is 18.5 Å². The summed E-state index contributed by atoms with van der Waals surface area (Å²) in [6.07, 6.45) is 2.15. The minimum atomic E-state index is 0.233. The zero-order chi connectivity index (χ0) is 13.0. The molecule has 0 N–H and O–H groups in total. The van der Waals surface area contributed by atoms with Crippen molar-refractivity contribution in [3.63, 3.8) is 0 Å². The minimum absolute atomic E-state index is 0.233. The molecule has 0 amide bonds. The van der Waals surface area contributed by atoms with Gasteiger partial charge < -0.3 is 9.47 Å². The third kappa shape index (κ3) is 3.27. The van der Waals surface area contributed by atoms with Gasteiger partial charge in [-0.05, 0) is 49.9 Å². The molecule has 0 bridgehead atoms. The van der Waals surface area contributed by atoms with Crippen molar-refractivity contribution in [1.29, 1.82) is 0 Å². The van der Waals surface area contributed by atoms with Crippen LogP contribution in [0, 0.1) is 19.3 Å². The minimum Gasteiger partial charge on any atom is -0.493 e. The fourth-order valence-corrected chi connectivity index (χ4v) is 2.88. The molecule has 0 atom stereocenters. The molecule has 1 aliphatic rings. The van der Waals surface area contributed by atoms with Crippen LogP contribution in [-0.2, 0) is 4.74 Å². The SMILES string of the molecule is Cc1ccc(OCC2(CBr)CCOCC2)cc1C. The highest BCUT2D eigenvalue weighted by molar-refractivity contribution is 9.09. The van der Waals surface area contributed by atoms with E-state index in [2.05, 4.69) is 48.0 Å². The van der Waals surface area contributed by atoms with Gasteiger partial charge in [0.2, 0.25) is 0 Å².